The lowest BCUT2D eigenvalue weighted by atomic mass is 10.0. The minimum absolute atomic E-state index is 0.0177. The zero-order valence-corrected chi connectivity index (χ0v) is 18.3. The van der Waals surface area contributed by atoms with Gasteiger partial charge in [-0.1, -0.05) is 36.4 Å². The standard InChI is InChI=1S/C24H33NO5/c1-18(24(27)20-9-6-5-7-10-20)25(2)23(26)14-12-19-11-13-21(29-4)22(17-19)30-16-8-15-28-3/h5-7,9-11,13,17-18,24,27H,8,12,14-16H2,1-4H3. The van der Waals surface area contributed by atoms with Crippen LogP contribution in [0.4, 0.5) is 0 Å². The predicted molar refractivity (Wildman–Crippen MR) is 117 cm³/mol. The highest BCUT2D eigenvalue weighted by molar-refractivity contribution is 5.76. The number of hydrogen-bond acceptors (Lipinski definition) is 5. The minimum atomic E-state index is -0.728. The molecule has 0 bridgehead atoms. The Morgan fingerprint density at radius 3 is 2.47 bits per heavy atom. The van der Waals surface area contributed by atoms with E-state index in [1.54, 1.807) is 26.2 Å². The summed E-state index contributed by atoms with van der Waals surface area (Å²) in [4.78, 5) is 14.3. The van der Waals surface area contributed by atoms with Crippen molar-refractivity contribution in [3.8, 4) is 11.5 Å². The average molecular weight is 416 g/mol. The van der Waals surface area contributed by atoms with Crippen LogP contribution in [0.15, 0.2) is 48.5 Å². The number of likely N-dealkylation sites (N-methyl/N-ethyl adjacent to an activating group) is 1. The first kappa shape index (κ1) is 23.7. The van der Waals surface area contributed by atoms with Crippen LogP contribution >= 0.6 is 0 Å². The maximum Gasteiger partial charge on any atom is 0.222 e. The normalized spacial score (nSPS) is 12.8. The van der Waals surface area contributed by atoms with E-state index in [0.717, 1.165) is 17.5 Å². The number of benzene rings is 2. The predicted octanol–water partition coefficient (Wildman–Crippen LogP) is 3.62. The molecule has 1 N–H and O–H groups in total. The third kappa shape index (κ3) is 6.75. The van der Waals surface area contributed by atoms with Gasteiger partial charge in [0.25, 0.3) is 0 Å². The van der Waals surface area contributed by atoms with Crippen molar-refractivity contribution in [3.05, 3.63) is 59.7 Å². The molecule has 0 fully saturated rings. The fourth-order valence-electron chi connectivity index (χ4n) is 3.17. The van der Waals surface area contributed by atoms with Gasteiger partial charge in [0.15, 0.2) is 11.5 Å². The van der Waals surface area contributed by atoms with Crippen molar-refractivity contribution in [2.24, 2.45) is 0 Å². The molecule has 2 aromatic rings. The molecule has 0 aromatic heterocycles. The van der Waals surface area contributed by atoms with Crippen LogP contribution in [0.25, 0.3) is 0 Å². The fraction of sp³-hybridized carbons (Fsp3) is 0.458. The van der Waals surface area contributed by atoms with Crippen molar-refractivity contribution in [2.75, 3.05) is 34.5 Å². The molecule has 0 aliphatic carbocycles. The van der Waals surface area contributed by atoms with Crippen molar-refractivity contribution in [2.45, 2.75) is 38.3 Å². The highest BCUT2D eigenvalue weighted by Gasteiger charge is 2.23. The smallest absolute Gasteiger partial charge is 0.222 e. The molecule has 2 aromatic carbocycles. The van der Waals surface area contributed by atoms with Gasteiger partial charge in [-0.15, -0.1) is 0 Å². The minimum Gasteiger partial charge on any atom is -0.493 e. The number of carbonyl (C=O) groups excluding carboxylic acids is 1. The highest BCUT2D eigenvalue weighted by Crippen LogP contribution is 2.29. The monoisotopic (exact) mass is 415 g/mol. The van der Waals surface area contributed by atoms with E-state index in [-0.39, 0.29) is 11.9 Å². The number of nitrogens with zero attached hydrogens (tertiary/aromatic N) is 1. The van der Waals surface area contributed by atoms with E-state index in [1.807, 2.05) is 55.5 Å². The van der Waals surface area contributed by atoms with Gasteiger partial charge in [-0.3, -0.25) is 4.79 Å². The van der Waals surface area contributed by atoms with Crippen LogP contribution in [-0.2, 0) is 16.0 Å². The van der Waals surface area contributed by atoms with Crippen molar-refractivity contribution in [1.29, 1.82) is 0 Å². The molecule has 2 atom stereocenters. The molecular formula is C24H33NO5. The van der Waals surface area contributed by atoms with Gasteiger partial charge in [-0.2, -0.15) is 0 Å². The topological polar surface area (TPSA) is 68.2 Å². The second-order valence-electron chi connectivity index (χ2n) is 7.28. The van der Waals surface area contributed by atoms with Crippen LogP contribution in [0.1, 0.15) is 37.0 Å². The molecular weight excluding hydrogens is 382 g/mol. The van der Waals surface area contributed by atoms with E-state index in [1.165, 1.54) is 0 Å². The van der Waals surface area contributed by atoms with Crippen LogP contribution in [-0.4, -0.2) is 56.4 Å². The van der Waals surface area contributed by atoms with Gasteiger partial charge < -0.3 is 24.2 Å². The number of amides is 1. The van der Waals surface area contributed by atoms with Crippen LogP contribution in [0.5, 0.6) is 11.5 Å². The molecule has 2 rings (SSSR count). The Morgan fingerprint density at radius 2 is 1.80 bits per heavy atom. The van der Waals surface area contributed by atoms with E-state index in [9.17, 15) is 9.90 Å². The van der Waals surface area contributed by atoms with Crippen LogP contribution in [0.2, 0.25) is 0 Å². The molecule has 1 amide bonds. The lowest BCUT2D eigenvalue weighted by Crippen LogP contribution is -2.39. The quantitative estimate of drug-likeness (QED) is 0.536. The fourth-order valence-corrected chi connectivity index (χ4v) is 3.17. The van der Waals surface area contributed by atoms with E-state index in [4.69, 9.17) is 14.2 Å². The molecule has 164 valence electrons. The van der Waals surface area contributed by atoms with Crippen molar-refractivity contribution < 1.29 is 24.1 Å². The van der Waals surface area contributed by atoms with Gasteiger partial charge in [0, 0.05) is 33.6 Å². The summed E-state index contributed by atoms with van der Waals surface area (Å²) in [5.41, 5.74) is 1.80. The third-order valence-corrected chi connectivity index (χ3v) is 5.21. The van der Waals surface area contributed by atoms with Gasteiger partial charge in [0.1, 0.15) is 0 Å². The Kier molecular flexibility index (Phi) is 9.64. The summed E-state index contributed by atoms with van der Waals surface area (Å²) in [7, 11) is 5.00. The second kappa shape index (κ2) is 12.2. The molecule has 6 heteroatoms. The van der Waals surface area contributed by atoms with E-state index in [2.05, 4.69) is 0 Å². The Balaban J connectivity index is 1.94. The second-order valence-corrected chi connectivity index (χ2v) is 7.28. The number of rotatable bonds is 12. The van der Waals surface area contributed by atoms with Gasteiger partial charge >= 0.3 is 0 Å². The number of ether oxygens (including phenoxy) is 3. The Labute approximate surface area is 179 Å². The molecule has 6 nitrogen and oxygen atoms in total. The first-order valence-electron chi connectivity index (χ1n) is 10.2. The summed E-state index contributed by atoms with van der Waals surface area (Å²) in [6.07, 6.45) is 0.982. The van der Waals surface area contributed by atoms with Gasteiger partial charge in [-0.05, 0) is 36.6 Å². The van der Waals surface area contributed by atoms with E-state index >= 15 is 0 Å². The average Bonchev–Trinajstić information content (AvgIpc) is 2.79. The molecule has 0 aliphatic heterocycles. The summed E-state index contributed by atoms with van der Waals surface area (Å²) < 4.78 is 16.2. The number of aliphatic hydroxyl groups excluding tert-OH is 1. The van der Waals surface area contributed by atoms with Gasteiger partial charge in [0.2, 0.25) is 5.91 Å². The molecule has 0 heterocycles. The maximum absolute atomic E-state index is 12.7. The molecule has 0 saturated heterocycles. The first-order chi connectivity index (χ1) is 14.5. The lowest BCUT2D eigenvalue weighted by molar-refractivity contribution is -0.133. The summed E-state index contributed by atoms with van der Waals surface area (Å²) >= 11 is 0. The molecule has 0 radical (unpaired) electrons. The van der Waals surface area contributed by atoms with E-state index < -0.39 is 6.10 Å². The van der Waals surface area contributed by atoms with E-state index in [0.29, 0.717) is 37.6 Å². The Morgan fingerprint density at radius 1 is 1.07 bits per heavy atom. The third-order valence-electron chi connectivity index (χ3n) is 5.21. The Bertz CT molecular complexity index is 780. The number of aryl methyl sites for hydroxylation is 1. The zero-order chi connectivity index (χ0) is 21.9. The van der Waals surface area contributed by atoms with Crippen LogP contribution in [0.3, 0.4) is 0 Å². The molecule has 0 spiro atoms. The summed E-state index contributed by atoms with van der Waals surface area (Å²) in [6, 6.07) is 14.8. The largest absolute Gasteiger partial charge is 0.493 e. The number of methoxy groups -OCH3 is 2. The highest BCUT2D eigenvalue weighted by atomic mass is 16.5. The van der Waals surface area contributed by atoms with Gasteiger partial charge in [0.05, 0.1) is 25.9 Å². The van der Waals surface area contributed by atoms with Crippen LogP contribution in [0, 0.1) is 0 Å². The molecule has 0 saturated carbocycles. The number of carbonyl (C=O) groups is 1. The molecule has 2 unspecified atom stereocenters. The lowest BCUT2D eigenvalue weighted by Gasteiger charge is -2.29. The van der Waals surface area contributed by atoms with Crippen molar-refractivity contribution in [1.82, 2.24) is 4.90 Å². The molecule has 30 heavy (non-hydrogen) atoms. The van der Waals surface area contributed by atoms with Gasteiger partial charge in [-0.25, -0.2) is 0 Å². The summed E-state index contributed by atoms with van der Waals surface area (Å²) in [6.45, 7) is 3.02. The zero-order valence-electron chi connectivity index (χ0n) is 18.3. The van der Waals surface area contributed by atoms with Crippen molar-refractivity contribution in [3.63, 3.8) is 0 Å². The number of hydrogen-bond donors (Lipinski definition) is 1. The first-order valence-corrected chi connectivity index (χ1v) is 10.2. The van der Waals surface area contributed by atoms with Crippen LogP contribution < -0.4 is 9.47 Å². The summed E-state index contributed by atoms with van der Waals surface area (Å²) in [5.74, 6) is 1.31. The summed E-state index contributed by atoms with van der Waals surface area (Å²) in [5, 5.41) is 10.6. The number of aliphatic hydroxyl groups is 1. The SMILES string of the molecule is COCCCOc1cc(CCC(=O)N(C)C(C)C(O)c2ccccc2)ccc1OC. The molecule has 0 aliphatic rings. The van der Waals surface area contributed by atoms with Crippen molar-refractivity contribution >= 4 is 5.91 Å². The maximum atomic E-state index is 12.7. The Hall–Kier alpha value is -2.57.